The van der Waals surface area contributed by atoms with Gasteiger partial charge in [0.2, 0.25) is 0 Å². The number of amides is 1. The van der Waals surface area contributed by atoms with Crippen molar-refractivity contribution in [2.24, 2.45) is 0 Å². The summed E-state index contributed by atoms with van der Waals surface area (Å²) < 4.78 is 0. The van der Waals surface area contributed by atoms with Crippen LogP contribution in [0.15, 0.2) is 36.4 Å². The maximum atomic E-state index is 12.1. The van der Waals surface area contributed by atoms with Gasteiger partial charge in [-0.15, -0.1) is 0 Å². The minimum absolute atomic E-state index is 0.0686. The van der Waals surface area contributed by atoms with Crippen molar-refractivity contribution in [3.63, 3.8) is 0 Å². The van der Waals surface area contributed by atoms with Crippen LogP contribution in [0.1, 0.15) is 21.5 Å². The van der Waals surface area contributed by atoms with Gasteiger partial charge < -0.3 is 15.5 Å². The molecule has 2 aromatic carbocycles. The molecule has 0 aliphatic rings. The first kappa shape index (κ1) is 13.0. The Morgan fingerprint density at radius 3 is 2.53 bits per heavy atom. The lowest BCUT2D eigenvalue weighted by atomic mass is 10.1. The molecule has 0 saturated carbocycles. The maximum Gasteiger partial charge on any atom is 0.259 e. The molecule has 0 atom stereocenters. The van der Waals surface area contributed by atoms with Gasteiger partial charge in [0.25, 0.3) is 5.91 Å². The smallest absolute Gasteiger partial charge is 0.259 e. The van der Waals surface area contributed by atoms with E-state index in [-0.39, 0.29) is 17.1 Å². The molecule has 19 heavy (non-hydrogen) atoms. The Morgan fingerprint density at radius 1 is 1.05 bits per heavy atom. The second-order valence-corrected chi connectivity index (χ2v) is 4.47. The van der Waals surface area contributed by atoms with Crippen molar-refractivity contribution in [3.8, 4) is 11.5 Å². The average Bonchev–Trinajstić information content (AvgIpc) is 2.36. The zero-order valence-electron chi connectivity index (χ0n) is 10.8. The molecule has 0 bridgehead atoms. The first-order valence-electron chi connectivity index (χ1n) is 5.88. The van der Waals surface area contributed by atoms with Crippen molar-refractivity contribution < 1.29 is 15.0 Å². The molecule has 0 fully saturated rings. The third-order valence-electron chi connectivity index (χ3n) is 2.87. The average molecular weight is 257 g/mol. The number of hydrogen-bond acceptors (Lipinski definition) is 3. The number of aryl methyl sites for hydroxylation is 2. The van der Waals surface area contributed by atoms with E-state index in [1.165, 1.54) is 12.1 Å². The Bertz CT molecular complexity index is 635. The van der Waals surface area contributed by atoms with Crippen LogP contribution in [0.2, 0.25) is 0 Å². The highest BCUT2D eigenvalue weighted by Crippen LogP contribution is 2.24. The molecule has 98 valence electrons. The number of nitrogens with one attached hydrogen (secondary N) is 1. The molecule has 2 rings (SSSR count). The van der Waals surface area contributed by atoms with Crippen molar-refractivity contribution in [3.05, 3.63) is 53.1 Å². The molecule has 3 N–H and O–H groups in total. The fourth-order valence-corrected chi connectivity index (χ4v) is 1.77. The van der Waals surface area contributed by atoms with Gasteiger partial charge in [0.15, 0.2) is 0 Å². The van der Waals surface area contributed by atoms with E-state index in [9.17, 15) is 15.0 Å². The predicted octanol–water partition coefficient (Wildman–Crippen LogP) is 2.97. The molecule has 2 aromatic rings. The van der Waals surface area contributed by atoms with E-state index in [1.54, 1.807) is 24.3 Å². The number of carbonyl (C=O) groups excluding carboxylic acids is 1. The highest BCUT2D eigenvalue weighted by Gasteiger charge is 2.12. The molecule has 0 heterocycles. The van der Waals surface area contributed by atoms with E-state index in [4.69, 9.17) is 0 Å². The zero-order chi connectivity index (χ0) is 14.0. The van der Waals surface area contributed by atoms with Crippen LogP contribution in [0, 0.1) is 13.8 Å². The first-order valence-corrected chi connectivity index (χ1v) is 5.88. The zero-order valence-corrected chi connectivity index (χ0v) is 10.8. The number of anilines is 1. The van der Waals surface area contributed by atoms with Gasteiger partial charge in [0.05, 0.1) is 5.56 Å². The van der Waals surface area contributed by atoms with Gasteiger partial charge >= 0.3 is 0 Å². The van der Waals surface area contributed by atoms with Crippen molar-refractivity contribution in [2.45, 2.75) is 13.8 Å². The molecule has 0 aromatic heterocycles. The number of phenols is 2. The molecule has 4 heteroatoms. The lowest BCUT2D eigenvalue weighted by Crippen LogP contribution is -2.13. The van der Waals surface area contributed by atoms with Crippen LogP contribution >= 0.6 is 0 Å². The Hall–Kier alpha value is -2.49. The van der Waals surface area contributed by atoms with E-state index >= 15 is 0 Å². The number of hydrogen-bond donors (Lipinski definition) is 3. The van der Waals surface area contributed by atoms with E-state index in [1.807, 2.05) is 13.8 Å². The van der Waals surface area contributed by atoms with Crippen LogP contribution in [0.25, 0.3) is 0 Å². The van der Waals surface area contributed by atoms with Crippen molar-refractivity contribution >= 4 is 11.6 Å². The normalized spacial score (nSPS) is 10.2. The molecule has 0 aliphatic heterocycles. The summed E-state index contributed by atoms with van der Waals surface area (Å²) in [6.07, 6.45) is 0. The van der Waals surface area contributed by atoms with Gasteiger partial charge in [-0.05, 0) is 37.6 Å². The summed E-state index contributed by atoms with van der Waals surface area (Å²) in [5.41, 5.74) is 2.45. The number of carbonyl (C=O) groups is 1. The van der Waals surface area contributed by atoms with Gasteiger partial charge in [0.1, 0.15) is 11.5 Å². The van der Waals surface area contributed by atoms with Crippen LogP contribution in [-0.2, 0) is 0 Å². The lowest BCUT2D eigenvalue weighted by Gasteiger charge is -2.10. The Balaban J connectivity index is 2.30. The highest BCUT2D eigenvalue weighted by atomic mass is 16.3. The van der Waals surface area contributed by atoms with Crippen LogP contribution in [0.5, 0.6) is 11.5 Å². The molecule has 0 aliphatic carbocycles. The van der Waals surface area contributed by atoms with Gasteiger partial charge in [-0.25, -0.2) is 0 Å². The second kappa shape index (κ2) is 5.02. The van der Waals surface area contributed by atoms with E-state index in [0.717, 1.165) is 11.1 Å². The number of rotatable bonds is 2. The molecule has 1 amide bonds. The Kier molecular flexibility index (Phi) is 3.42. The second-order valence-electron chi connectivity index (χ2n) is 4.47. The fourth-order valence-electron chi connectivity index (χ4n) is 1.77. The van der Waals surface area contributed by atoms with Gasteiger partial charge in [-0.3, -0.25) is 4.79 Å². The van der Waals surface area contributed by atoms with Crippen LogP contribution in [0.3, 0.4) is 0 Å². The summed E-state index contributed by atoms with van der Waals surface area (Å²) in [7, 11) is 0. The summed E-state index contributed by atoms with van der Waals surface area (Å²) in [6.45, 7) is 3.67. The quantitative estimate of drug-likeness (QED) is 0.774. The minimum Gasteiger partial charge on any atom is -0.508 e. The summed E-state index contributed by atoms with van der Waals surface area (Å²) in [4.78, 5) is 12.1. The molecule has 0 unspecified atom stereocenters. The minimum atomic E-state index is -0.407. The molecule has 0 radical (unpaired) electrons. The van der Waals surface area contributed by atoms with Crippen LogP contribution < -0.4 is 5.32 Å². The van der Waals surface area contributed by atoms with Crippen molar-refractivity contribution in [1.82, 2.24) is 0 Å². The summed E-state index contributed by atoms with van der Waals surface area (Å²) >= 11 is 0. The third-order valence-corrected chi connectivity index (χ3v) is 2.87. The summed E-state index contributed by atoms with van der Waals surface area (Å²) in [6, 6.07) is 9.56. The molecule has 0 spiro atoms. The summed E-state index contributed by atoms with van der Waals surface area (Å²) in [5, 5.41) is 21.8. The predicted molar refractivity (Wildman–Crippen MR) is 73.6 cm³/mol. The van der Waals surface area contributed by atoms with Crippen molar-refractivity contribution in [2.75, 3.05) is 5.32 Å². The van der Waals surface area contributed by atoms with Gasteiger partial charge in [0, 0.05) is 11.8 Å². The standard InChI is InChI=1S/C15H15NO3/c1-9-3-6-14(18)12(7-9)15(19)16-13-8-11(17)5-4-10(13)2/h3-8,17-18H,1-2H3,(H,16,19). The monoisotopic (exact) mass is 257 g/mol. The summed E-state index contributed by atoms with van der Waals surface area (Å²) in [5.74, 6) is -0.398. The van der Waals surface area contributed by atoms with Crippen LogP contribution in [-0.4, -0.2) is 16.1 Å². The number of aromatic hydroxyl groups is 2. The van der Waals surface area contributed by atoms with Gasteiger partial charge in [-0.2, -0.15) is 0 Å². The van der Waals surface area contributed by atoms with E-state index < -0.39 is 5.91 Å². The third kappa shape index (κ3) is 2.85. The number of phenolic OH excluding ortho intramolecular Hbond substituents is 2. The van der Waals surface area contributed by atoms with E-state index in [2.05, 4.69) is 5.32 Å². The SMILES string of the molecule is Cc1ccc(O)c(C(=O)Nc2cc(O)ccc2C)c1. The Labute approximate surface area is 111 Å². The molecular weight excluding hydrogens is 242 g/mol. The van der Waals surface area contributed by atoms with Crippen LogP contribution in [0.4, 0.5) is 5.69 Å². The topological polar surface area (TPSA) is 69.6 Å². The molecular formula is C15H15NO3. The van der Waals surface area contributed by atoms with Crippen molar-refractivity contribution in [1.29, 1.82) is 0 Å². The first-order chi connectivity index (χ1) is 8.97. The largest absolute Gasteiger partial charge is 0.508 e. The van der Waals surface area contributed by atoms with E-state index in [0.29, 0.717) is 5.69 Å². The molecule has 0 saturated heterocycles. The lowest BCUT2D eigenvalue weighted by molar-refractivity contribution is 0.102. The maximum absolute atomic E-state index is 12.1. The number of benzene rings is 2. The highest BCUT2D eigenvalue weighted by molar-refractivity contribution is 6.06. The van der Waals surface area contributed by atoms with Gasteiger partial charge in [-0.1, -0.05) is 17.7 Å². The Morgan fingerprint density at radius 2 is 1.79 bits per heavy atom. The fraction of sp³-hybridized carbons (Fsp3) is 0.133. The molecule has 4 nitrogen and oxygen atoms in total.